The number of halogens is 1. The molecule has 1 fully saturated rings. The van der Waals surface area contributed by atoms with Gasteiger partial charge in [-0.1, -0.05) is 13.0 Å². The van der Waals surface area contributed by atoms with Crippen molar-refractivity contribution >= 4 is 24.2 Å². The number of rotatable bonds is 7. The second-order valence-corrected chi connectivity index (χ2v) is 6.09. The summed E-state index contributed by atoms with van der Waals surface area (Å²) in [6.07, 6.45) is 4.33. The number of piperidine rings is 1. The lowest BCUT2D eigenvalue weighted by Gasteiger charge is -2.22. The summed E-state index contributed by atoms with van der Waals surface area (Å²) in [7, 11) is 0. The largest absolute Gasteiger partial charge is 0.352 e. The van der Waals surface area contributed by atoms with Crippen LogP contribution in [0.15, 0.2) is 24.3 Å². The number of hydrogen-bond donors (Lipinski definition) is 3. The third-order valence-electron chi connectivity index (χ3n) is 4.16. The summed E-state index contributed by atoms with van der Waals surface area (Å²) >= 11 is 0. The minimum atomic E-state index is -0.130. The first kappa shape index (κ1) is 20.5. The maximum absolute atomic E-state index is 12.2. The molecule has 5 nitrogen and oxygen atoms in total. The summed E-state index contributed by atoms with van der Waals surface area (Å²) in [5.41, 5.74) is 1.07. The maximum atomic E-state index is 12.2. The molecule has 0 spiro atoms. The molecule has 134 valence electrons. The second-order valence-electron chi connectivity index (χ2n) is 6.09. The Morgan fingerprint density at radius 2 is 1.83 bits per heavy atom. The molecule has 0 bridgehead atoms. The Labute approximate surface area is 150 Å². The van der Waals surface area contributed by atoms with E-state index in [1.54, 1.807) is 24.3 Å². The minimum absolute atomic E-state index is 0. The summed E-state index contributed by atoms with van der Waals surface area (Å²) in [5, 5.41) is 9.16. The van der Waals surface area contributed by atoms with Crippen LogP contribution in [0.2, 0.25) is 0 Å². The zero-order valence-electron chi connectivity index (χ0n) is 14.3. The molecule has 0 saturated carbocycles. The zero-order chi connectivity index (χ0) is 16.5. The predicted octanol–water partition coefficient (Wildman–Crippen LogP) is 2.37. The van der Waals surface area contributed by atoms with Crippen LogP contribution in [0.3, 0.4) is 0 Å². The Kier molecular flexibility index (Phi) is 9.42. The normalized spacial score (nSPS) is 16.8. The number of carbonyl (C=O) groups is 2. The number of benzene rings is 1. The van der Waals surface area contributed by atoms with Crippen molar-refractivity contribution in [3.05, 3.63) is 35.4 Å². The molecule has 2 rings (SSSR count). The fourth-order valence-electron chi connectivity index (χ4n) is 2.80. The van der Waals surface area contributed by atoms with Crippen molar-refractivity contribution in [1.82, 2.24) is 16.0 Å². The first-order valence-corrected chi connectivity index (χ1v) is 8.58. The fraction of sp³-hybridized carbons (Fsp3) is 0.556. The predicted molar refractivity (Wildman–Crippen MR) is 98.9 cm³/mol. The maximum Gasteiger partial charge on any atom is 0.251 e. The van der Waals surface area contributed by atoms with Crippen LogP contribution in [-0.4, -0.2) is 38.0 Å². The summed E-state index contributed by atoms with van der Waals surface area (Å²) < 4.78 is 0. The lowest BCUT2D eigenvalue weighted by atomic mass is 9.96. The highest BCUT2D eigenvalue weighted by Gasteiger charge is 2.14. The van der Waals surface area contributed by atoms with Crippen molar-refractivity contribution < 1.29 is 9.59 Å². The summed E-state index contributed by atoms with van der Waals surface area (Å²) in [4.78, 5) is 24.2. The topological polar surface area (TPSA) is 70.2 Å². The van der Waals surface area contributed by atoms with Crippen LogP contribution < -0.4 is 16.0 Å². The zero-order valence-corrected chi connectivity index (χ0v) is 15.1. The highest BCUT2D eigenvalue weighted by Crippen LogP contribution is 2.13. The molecule has 1 aliphatic rings. The Hall–Kier alpha value is -1.59. The van der Waals surface area contributed by atoms with Crippen molar-refractivity contribution in [2.75, 3.05) is 26.2 Å². The molecular formula is C18H28ClN3O2. The molecule has 1 saturated heterocycles. The van der Waals surface area contributed by atoms with Gasteiger partial charge in [0.05, 0.1) is 0 Å². The average molecular weight is 354 g/mol. The van der Waals surface area contributed by atoms with Crippen molar-refractivity contribution in [1.29, 1.82) is 0 Å². The molecule has 0 radical (unpaired) electrons. The Balaban J connectivity index is 0.00000288. The van der Waals surface area contributed by atoms with Crippen molar-refractivity contribution in [3.8, 4) is 0 Å². The van der Waals surface area contributed by atoms with Crippen LogP contribution >= 0.6 is 12.4 Å². The fourth-order valence-corrected chi connectivity index (χ4v) is 2.80. The molecule has 3 N–H and O–H groups in total. The molecule has 1 unspecified atom stereocenters. The lowest BCUT2D eigenvalue weighted by molar-refractivity contribution is 0.0950. The Morgan fingerprint density at radius 1 is 1.17 bits per heavy atom. The highest BCUT2D eigenvalue weighted by molar-refractivity contribution is 5.99. The van der Waals surface area contributed by atoms with E-state index in [-0.39, 0.29) is 24.2 Å². The molecule has 0 aliphatic carbocycles. The lowest BCUT2D eigenvalue weighted by Crippen LogP contribution is -2.33. The molecule has 1 heterocycles. The summed E-state index contributed by atoms with van der Waals surface area (Å²) in [5.74, 6) is 0.406. The van der Waals surface area contributed by atoms with Crippen LogP contribution in [0.4, 0.5) is 0 Å². The van der Waals surface area contributed by atoms with Gasteiger partial charge in [-0.25, -0.2) is 0 Å². The smallest absolute Gasteiger partial charge is 0.251 e. The molecule has 6 heteroatoms. The molecule has 0 aromatic heterocycles. The average Bonchev–Trinajstić information content (AvgIpc) is 2.60. The molecule has 24 heavy (non-hydrogen) atoms. The van der Waals surface area contributed by atoms with Gasteiger partial charge in [-0.3, -0.25) is 9.59 Å². The summed E-state index contributed by atoms with van der Waals surface area (Å²) in [6.45, 7) is 5.48. The van der Waals surface area contributed by atoms with E-state index in [2.05, 4.69) is 16.0 Å². The highest BCUT2D eigenvalue weighted by atomic mass is 35.5. The van der Waals surface area contributed by atoms with E-state index >= 15 is 0 Å². The van der Waals surface area contributed by atoms with Gasteiger partial charge in [0.25, 0.3) is 11.8 Å². The molecule has 1 aliphatic heterocycles. The van der Waals surface area contributed by atoms with E-state index in [1.807, 2.05) is 6.92 Å². The Bertz CT molecular complexity index is 531. The molecule has 1 aromatic carbocycles. The Morgan fingerprint density at radius 3 is 2.42 bits per heavy atom. The molecule has 2 amide bonds. The third kappa shape index (κ3) is 6.49. The number of carbonyl (C=O) groups excluding carboxylic acids is 2. The van der Waals surface area contributed by atoms with Gasteiger partial charge in [0, 0.05) is 24.2 Å². The van der Waals surface area contributed by atoms with Gasteiger partial charge in [-0.05, 0) is 62.9 Å². The van der Waals surface area contributed by atoms with Gasteiger partial charge in [0.1, 0.15) is 0 Å². The van der Waals surface area contributed by atoms with Gasteiger partial charge in [0.2, 0.25) is 0 Å². The number of nitrogens with one attached hydrogen (secondary N) is 3. The SMILES string of the molecule is CCCNC(=O)c1cccc(C(=O)NCCC2CCCNC2)c1.Cl. The molecule has 1 aromatic rings. The monoisotopic (exact) mass is 353 g/mol. The van der Waals surface area contributed by atoms with Crippen molar-refractivity contribution in [3.63, 3.8) is 0 Å². The molecular weight excluding hydrogens is 326 g/mol. The first-order chi connectivity index (χ1) is 11.2. The number of amides is 2. The van der Waals surface area contributed by atoms with Crippen LogP contribution in [0, 0.1) is 5.92 Å². The van der Waals surface area contributed by atoms with Crippen LogP contribution in [-0.2, 0) is 0 Å². The standard InChI is InChI=1S/C18H27N3O2.ClH/c1-2-9-20-17(22)15-6-3-7-16(12-15)18(23)21-11-8-14-5-4-10-19-13-14;/h3,6-7,12,14,19H,2,4-5,8-11,13H2,1H3,(H,20,22)(H,21,23);1H. The van der Waals surface area contributed by atoms with E-state index in [0.717, 1.165) is 25.9 Å². The van der Waals surface area contributed by atoms with Gasteiger partial charge >= 0.3 is 0 Å². The van der Waals surface area contributed by atoms with Gasteiger partial charge in [-0.15, -0.1) is 12.4 Å². The van der Waals surface area contributed by atoms with E-state index in [4.69, 9.17) is 0 Å². The van der Waals surface area contributed by atoms with Gasteiger partial charge < -0.3 is 16.0 Å². The van der Waals surface area contributed by atoms with Gasteiger partial charge in [-0.2, -0.15) is 0 Å². The van der Waals surface area contributed by atoms with Crippen LogP contribution in [0.25, 0.3) is 0 Å². The third-order valence-corrected chi connectivity index (χ3v) is 4.16. The van der Waals surface area contributed by atoms with E-state index in [0.29, 0.717) is 30.1 Å². The summed E-state index contributed by atoms with van der Waals surface area (Å²) in [6, 6.07) is 6.88. The van der Waals surface area contributed by atoms with Crippen molar-refractivity contribution in [2.45, 2.75) is 32.6 Å². The van der Waals surface area contributed by atoms with Gasteiger partial charge in [0.15, 0.2) is 0 Å². The van der Waals surface area contributed by atoms with E-state index < -0.39 is 0 Å². The minimum Gasteiger partial charge on any atom is -0.352 e. The number of hydrogen-bond acceptors (Lipinski definition) is 3. The molecule has 1 atom stereocenters. The second kappa shape index (κ2) is 11.0. The van der Waals surface area contributed by atoms with Crippen molar-refractivity contribution in [2.24, 2.45) is 5.92 Å². The first-order valence-electron chi connectivity index (χ1n) is 8.58. The van der Waals surface area contributed by atoms with Crippen LogP contribution in [0.5, 0.6) is 0 Å². The van der Waals surface area contributed by atoms with E-state index in [1.165, 1.54) is 12.8 Å². The van der Waals surface area contributed by atoms with E-state index in [9.17, 15) is 9.59 Å². The quantitative estimate of drug-likeness (QED) is 0.704. The van der Waals surface area contributed by atoms with Crippen LogP contribution in [0.1, 0.15) is 53.3 Å².